The number of carbonyl (C=O) groups is 1. The van der Waals surface area contributed by atoms with Crippen LogP contribution < -0.4 is 10.6 Å². The van der Waals surface area contributed by atoms with Crippen LogP contribution in [0.15, 0.2) is 65.4 Å². The first-order chi connectivity index (χ1) is 13.2. The van der Waals surface area contributed by atoms with Crippen LogP contribution in [0, 0.1) is 6.92 Å². The van der Waals surface area contributed by atoms with E-state index >= 15 is 0 Å². The number of para-hydroxylation sites is 1. The molecule has 3 heterocycles. The Balaban J connectivity index is 1.56. The van der Waals surface area contributed by atoms with Crippen molar-refractivity contribution in [3.63, 3.8) is 0 Å². The molecule has 0 aliphatic heterocycles. The second kappa shape index (κ2) is 7.25. The average molecular weight is 359 g/mol. The number of nitrogens with zero attached hydrogens (tertiary/aromatic N) is 3. The van der Waals surface area contributed by atoms with E-state index in [2.05, 4.69) is 25.6 Å². The Morgan fingerprint density at radius 1 is 1.11 bits per heavy atom. The first-order valence-electron chi connectivity index (χ1n) is 8.46. The van der Waals surface area contributed by atoms with E-state index in [1.54, 1.807) is 25.5 Å². The number of aryl methyl sites for hydroxylation is 1. The van der Waals surface area contributed by atoms with E-state index in [4.69, 9.17) is 4.42 Å². The van der Waals surface area contributed by atoms with Gasteiger partial charge in [-0.05, 0) is 31.2 Å². The second-order valence-corrected chi connectivity index (χ2v) is 5.95. The van der Waals surface area contributed by atoms with Crippen LogP contribution in [-0.2, 0) is 6.54 Å². The summed E-state index contributed by atoms with van der Waals surface area (Å²) in [5.74, 6) is 1.51. The van der Waals surface area contributed by atoms with Gasteiger partial charge in [0.15, 0.2) is 0 Å². The Kier molecular flexibility index (Phi) is 4.49. The maximum Gasteiger partial charge on any atom is 0.274 e. The molecule has 0 radical (unpaired) electrons. The van der Waals surface area contributed by atoms with Crippen molar-refractivity contribution in [1.29, 1.82) is 0 Å². The quantitative estimate of drug-likeness (QED) is 0.563. The van der Waals surface area contributed by atoms with Crippen LogP contribution in [0.1, 0.15) is 22.1 Å². The Hall–Kier alpha value is -3.74. The van der Waals surface area contributed by atoms with Gasteiger partial charge in [0, 0.05) is 17.6 Å². The molecule has 7 nitrogen and oxygen atoms in total. The van der Waals surface area contributed by atoms with Crippen molar-refractivity contribution < 1.29 is 9.21 Å². The largest absolute Gasteiger partial charge is 0.467 e. The molecule has 3 aromatic heterocycles. The van der Waals surface area contributed by atoms with Crippen molar-refractivity contribution in [3.05, 3.63) is 78.3 Å². The van der Waals surface area contributed by atoms with Crippen LogP contribution in [0.25, 0.3) is 10.9 Å². The predicted octanol–water partition coefficient (Wildman–Crippen LogP) is 3.79. The number of hydrogen-bond donors (Lipinski definition) is 2. The third-order valence-electron chi connectivity index (χ3n) is 3.98. The third-order valence-corrected chi connectivity index (χ3v) is 3.98. The average Bonchev–Trinajstić information content (AvgIpc) is 3.20. The SMILES string of the molecule is Cc1nc(NCc2ccco2)cc(C(=O)Nc2cccc3cccnc23)n1. The fraction of sp³-hybridized carbons (Fsp3) is 0.100. The van der Waals surface area contributed by atoms with Crippen molar-refractivity contribution in [1.82, 2.24) is 15.0 Å². The number of fused-ring (bicyclic) bond motifs is 1. The molecule has 1 aromatic carbocycles. The molecule has 0 bridgehead atoms. The minimum Gasteiger partial charge on any atom is -0.467 e. The summed E-state index contributed by atoms with van der Waals surface area (Å²) < 4.78 is 5.29. The zero-order chi connectivity index (χ0) is 18.6. The number of carbonyl (C=O) groups excluding carboxylic acids is 1. The minimum atomic E-state index is -0.320. The highest BCUT2D eigenvalue weighted by Crippen LogP contribution is 2.21. The van der Waals surface area contributed by atoms with Crippen molar-refractivity contribution in [2.24, 2.45) is 0 Å². The Morgan fingerprint density at radius 2 is 2.00 bits per heavy atom. The van der Waals surface area contributed by atoms with E-state index < -0.39 is 0 Å². The van der Waals surface area contributed by atoms with Crippen LogP contribution in [0.2, 0.25) is 0 Å². The lowest BCUT2D eigenvalue weighted by Gasteiger charge is -2.10. The molecule has 4 rings (SSSR count). The van der Waals surface area contributed by atoms with Crippen molar-refractivity contribution in [2.75, 3.05) is 10.6 Å². The lowest BCUT2D eigenvalue weighted by Crippen LogP contribution is -2.16. The highest BCUT2D eigenvalue weighted by atomic mass is 16.3. The predicted molar refractivity (Wildman–Crippen MR) is 102 cm³/mol. The number of anilines is 2. The summed E-state index contributed by atoms with van der Waals surface area (Å²) in [6.45, 7) is 2.21. The summed E-state index contributed by atoms with van der Waals surface area (Å²) >= 11 is 0. The molecule has 7 heteroatoms. The first kappa shape index (κ1) is 16.7. The molecule has 1 amide bonds. The molecule has 2 N–H and O–H groups in total. The number of furan rings is 1. The van der Waals surface area contributed by atoms with E-state index in [-0.39, 0.29) is 11.6 Å². The Morgan fingerprint density at radius 3 is 2.85 bits per heavy atom. The minimum absolute atomic E-state index is 0.275. The van der Waals surface area contributed by atoms with Gasteiger partial charge in [-0.3, -0.25) is 9.78 Å². The molecule has 134 valence electrons. The third kappa shape index (κ3) is 3.77. The van der Waals surface area contributed by atoms with Gasteiger partial charge in [-0.25, -0.2) is 9.97 Å². The van der Waals surface area contributed by atoms with Gasteiger partial charge >= 0.3 is 0 Å². The molecule has 0 aliphatic carbocycles. The number of benzene rings is 1. The van der Waals surface area contributed by atoms with Gasteiger partial charge in [-0.1, -0.05) is 18.2 Å². The summed E-state index contributed by atoms with van der Waals surface area (Å²) in [4.78, 5) is 25.6. The molecule has 0 unspecified atom stereocenters. The summed E-state index contributed by atoms with van der Waals surface area (Å²) in [5, 5.41) is 6.98. The van der Waals surface area contributed by atoms with Gasteiger partial charge in [0.2, 0.25) is 0 Å². The fourth-order valence-corrected chi connectivity index (χ4v) is 2.76. The molecular weight excluding hydrogens is 342 g/mol. The maximum atomic E-state index is 12.7. The monoisotopic (exact) mass is 359 g/mol. The van der Waals surface area contributed by atoms with Gasteiger partial charge < -0.3 is 15.1 Å². The topological polar surface area (TPSA) is 92.9 Å². The first-order valence-corrected chi connectivity index (χ1v) is 8.46. The molecule has 27 heavy (non-hydrogen) atoms. The normalized spacial score (nSPS) is 10.7. The summed E-state index contributed by atoms with van der Waals surface area (Å²) in [6, 6.07) is 14.7. The van der Waals surface area contributed by atoms with Gasteiger partial charge in [-0.2, -0.15) is 0 Å². The highest BCUT2D eigenvalue weighted by molar-refractivity contribution is 6.07. The van der Waals surface area contributed by atoms with E-state index in [0.29, 0.717) is 23.9 Å². The number of hydrogen-bond acceptors (Lipinski definition) is 6. The van der Waals surface area contributed by atoms with Gasteiger partial charge in [0.05, 0.1) is 24.0 Å². The molecule has 0 atom stereocenters. The van der Waals surface area contributed by atoms with Crippen molar-refractivity contribution in [2.45, 2.75) is 13.5 Å². The number of amides is 1. The van der Waals surface area contributed by atoms with E-state index in [1.165, 1.54) is 0 Å². The van der Waals surface area contributed by atoms with Crippen LogP contribution in [0.5, 0.6) is 0 Å². The smallest absolute Gasteiger partial charge is 0.274 e. The van der Waals surface area contributed by atoms with Crippen molar-refractivity contribution in [3.8, 4) is 0 Å². The van der Waals surface area contributed by atoms with E-state index in [9.17, 15) is 4.79 Å². The molecule has 0 aliphatic rings. The number of pyridine rings is 1. The number of nitrogens with one attached hydrogen (secondary N) is 2. The Bertz CT molecular complexity index is 1090. The van der Waals surface area contributed by atoms with Crippen LogP contribution >= 0.6 is 0 Å². The summed E-state index contributed by atoms with van der Waals surface area (Å²) in [7, 11) is 0. The lowest BCUT2D eigenvalue weighted by atomic mass is 10.2. The number of aromatic nitrogens is 3. The molecule has 0 saturated heterocycles. The second-order valence-electron chi connectivity index (χ2n) is 5.95. The highest BCUT2D eigenvalue weighted by Gasteiger charge is 2.13. The molecule has 0 fully saturated rings. The van der Waals surface area contributed by atoms with Gasteiger partial charge in [-0.15, -0.1) is 0 Å². The van der Waals surface area contributed by atoms with Crippen LogP contribution in [0.4, 0.5) is 11.5 Å². The standard InChI is InChI=1S/C20H17N5O2/c1-13-23-17(11-18(24-13)22-12-15-7-4-10-27-15)20(26)25-16-8-2-5-14-6-3-9-21-19(14)16/h2-11H,12H2,1H3,(H,25,26)(H,22,23,24). The summed E-state index contributed by atoms with van der Waals surface area (Å²) in [6.07, 6.45) is 3.31. The van der Waals surface area contributed by atoms with Crippen LogP contribution in [-0.4, -0.2) is 20.9 Å². The zero-order valence-electron chi connectivity index (χ0n) is 14.6. The van der Waals surface area contributed by atoms with E-state index in [1.807, 2.05) is 42.5 Å². The number of rotatable bonds is 5. The van der Waals surface area contributed by atoms with Gasteiger partial charge in [0.1, 0.15) is 23.1 Å². The Labute approximate surface area is 155 Å². The van der Waals surface area contributed by atoms with Crippen molar-refractivity contribution >= 4 is 28.3 Å². The van der Waals surface area contributed by atoms with Crippen LogP contribution in [0.3, 0.4) is 0 Å². The molecule has 4 aromatic rings. The molecule has 0 saturated carbocycles. The summed E-state index contributed by atoms with van der Waals surface area (Å²) in [5.41, 5.74) is 1.65. The fourth-order valence-electron chi connectivity index (χ4n) is 2.76. The molecular formula is C20H17N5O2. The molecule has 0 spiro atoms. The van der Waals surface area contributed by atoms with E-state index in [0.717, 1.165) is 16.7 Å². The zero-order valence-corrected chi connectivity index (χ0v) is 14.6. The van der Waals surface area contributed by atoms with Gasteiger partial charge in [0.25, 0.3) is 5.91 Å². The maximum absolute atomic E-state index is 12.7. The lowest BCUT2D eigenvalue weighted by molar-refractivity contribution is 0.102.